The lowest BCUT2D eigenvalue weighted by Gasteiger charge is -2.10. The van der Waals surface area contributed by atoms with Gasteiger partial charge in [0.2, 0.25) is 0 Å². The molecular weight excluding hydrogens is 302 g/mol. The maximum Gasteiger partial charge on any atom is 0.145 e. The molecule has 24 heavy (non-hydrogen) atoms. The van der Waals surface area contributed by atoms with Gasteiger partial charge in [0.05, 0.1) is 26.1 Å². The van der Waals surface area contributed by atoms with Crippen molar-refractivity contribution in [3.8, 4) is 11.5 Å². The maximum absolute atomic E-state index is 5.39. The van der Waals surface area contributed by atoms with E-state index in [0.29, 0.717) is 0 Å². The number of hydrazone groups is 1. The van der Waals surface area contributed by atoms with E-state index in [4.69, 9.17) is 9.47 Å². The molecule has 1 heterocycles. The highest BCUT2D eigenvalue weighted by Crippen LogP contribution is 2.29. The third-order valence-electron chi connectivity index (χ3n) is 3.66. The molecule has 0 bridgehead atoms. The zero-order valence-corrected chi connectivity index (χ0v) is 13.9. The van der Waals surface area contributed by atoms with Crippen molar-refractivity contribution in [3.05, 3.63) is 59.8 Å². The van der Waals surface area contributed by atoms with Gasteiger partial charge in [-0.2, -0.15) is 5.10 Å². The normalized spacial score (nSPS) is 11.0. The molecule has 1 aromatic heterocycles. The second-order valence-electron chi connectivity index (χ2n) is 5.31. The number of aryl methyl sites for hydroxylation is 1. The number of anilines is 1. The number of hydrogen-bond donors (Lipinski definition) is 1. The zero-order valence-electron chi connectivity index (χ0n) is 13.9. The Labute approximate surface area is 140 Å². The van der Waals surface area contributed by atoms with E-state index in [1.807, 2.05) is 55.5 Å². The van der Waals surface area contributed by atoms with Crippen LogP contribution in [0.1, 0.15) is 11.3 Å². The van der Waals surface area contributed by atoms with E-state index < -0.39 is 0 Å². The average molecular weight is 321 g/mol. The van der Waals surface area contributed by atoms with Crippen LogP contribution in [0.15, 0.2) is 53.6 Å². The Kier molecular flexibility index (Phi) is 4.61. The van der Waals surface area contributed by atoms with E-state index in [2.05, 4.69) is 15.5 Å². The van der Waals surface area contributed by atoms with Crippen LogP contribution in [0.2, 0.25) is 0 Å². The number of pyridine rings is 1. The van der Waals surface area contributed by atoms with E-state index in [1.165, 1.54) is 0 Å². The fourth-order valence-electron chi connectivity index (χ4n) is 2.47. The molecule has 0 fully saturated rings. The Morgan fingerprint density at radius 2 is 1.83 bits per heavy atom. The van der Waals surface area contributed by atoms with Crippen molar-refractivity contribution in [1.29, 1.82) is 0 Å². The lowest BCUT2D eigenvalue weighted by molar-refractivity contribution is 0.415. The first kappa shape index (κ1) is 15.8. The van der Waals surface area contributed by atoms with Crippen LogP contribution in [-0.2, 0) is 0 Å². The number of fused-ring (bicyclic) bond motifs is 1. The summed E-state index contributed by atoms with van der Waals surface area (Å²) >= 11 is 0. The molecule has 0 spiro atoms. The standard InChI is InChI=1S/C19H19N3O2/c1-13-11-17(16-5-4-6-18(24-3)19(16)21-13)22-20-12-14-7-9-15(23-2)10-8-14/h4-12H,1-3H3,(H,21,22)/b20-12-. The predicted molar refractivity (Wildman–Crippen MR) is 97.2 cm³/mol. The summed E-state index contributed by atoms with van der Waals surface area (Å²) in [4.78, 5) is 4.56. The molecule has 5 heteroatoms. The molecular formula is C19H19N3O2. The molecule has 0 unspecified atom stereocenters. The van der Waals surface area contributed by atoms with Gasteiger partial charge < -0.3 is 9.47 Å². The third kappa shape index (κ3) is 3.30. The second kappa shape index (κ2) is 7.00. The van der Waals surface area contributed by atoms with E-state index in [-0.39, 0.29) is 0 Å². The second-order valence-corrected chi connectivity index (χ2v) is 5.31. The molecule has 0 amide bonds. The first-order chi connectivity index (χ1) is 11.7. The van der Waals surface area contributed by atoms with Gasteiger partial charge in [-0.1, -0.05) is 12.1 Å². The fourth-order valence-corrected chi connectivity index (χ4v) is 2.47. The SMILES string of the molecule is COc1ccc(/C=N\Nc2cc(C)nc3c(OC)cccc23)cc1. The third-order valence-corrected chi connectivity index (χ3v) is 3.66. The predicted octanol–water partition coefficient (Wildman–Crippen LogP) is 4.01. The summed E-state index contributed by atoms with van der Waals surface area (Å²) in [5.74, 6) is 1.57. The number of methoxy groups -OCH3 is 2. The number of hydrogen-bond acceptors (Lipinski definition) is 5. The largest absolute Gasteiger partial charge is 0.497 e. The van der Waals surface area contributed by atoms with Crippen molar-refractivity contribution >= 4 is 22.8 Å². The number of rotatable bonds is 5. The van der Waals surface area contributed by atoms with Gasteiger partial charge in [-0.25, -0.2) is 4.98 Å². The Balaban J connectivity index is 1.88. The summed E-state index contributed by atoms with van der Waals surface area (Å²) in [6.07, 6.45) is 1.77. The van der Waals surface area contributed by atoms with Crippen LogP contribution in [-0.4, -0.2) is 25.4 Å². The highest BCUT2D eigenvalue weighted by molar-refractivity contribution is 5.95. The number of ether oxygens (including phenoxy) is 2. The van der Waals surface area contributed by atoms with Crippen molar-refractivity contribution in [2.75, 3.05) is 19.6 Å². The van der Waals surface area contributed by atoms with E-state index in [1.54, 1.807) is 20.4 Å². The van der Waals surface area contributed by atoms with Crippen LogP contribution in [0.25, 0.3) is 10.9 Å². The minimum Gasteiger partial charge on any atom is -0.497 e. The molecule has 0 aliphatic carbocycles. The number of aromatic nitrogens is 1. The van der Waals surface area contributed by atoms with Crippen molar-refractivity contribution in [2.45, 2.75) is 6.92 Å². The van der Waals surface area contributed by atoms with Crippen LogP contribution >= 0.6 is 0 Å². The lowest BCUT2D eigenvalue weighted by Crippen LogP contribution is -1.96. The molecule has 0 saturated heterocycles. The van der Waals surface area contributed by atoms with Crippen LogP contribution < -0.4 is 14.9 Å². The Morgan fingerprint density at radius 3 is 2.54 bits per heavy atom. The van der Waals surface area contributed by atoms with Crippen molar-refractivity contribution in [3.63, 3.8) is 0 Å². The van der Waals surface area contributed by atoms with Crippen LogP contribution in [0.3, 0.4) is 0 Å². The van der Waals surface area contributed by atoms with Gasteiger partial charge in [0.1, 0.15) is 17.0 Å². The van der Waals surface area contributed by atoms with Crippen LogP contribution in [0.4, 0.5) is 5.69 Å². The van der Waals surface area contributed by atoms with Crippen LogP contribution in [0.5, 0.6) is 11.5 Å². The van der Waals surface area contributed by atoms with E-state index >= 15 is 0 Å². The number of nitrogens with one attached hydrogen (secondary N) is 1. The Bertz CT molecular complexity index is 874. The zero-order chi connectivity index (χ0) is 16.9. The van der Waals surface area contributed by atoms with Gasteiger partial charge in [0, 0.05) is 11.1 Å². The monoisotopic (exact) mass is 321 g/mol. The smallest absolute Gasteiger partial charge is 0.145 e. The summed E-state index contributed by atoms with van der Waals surface area (Å²) in [5, 5.41) is 5.29. The average Bonchev–Trinajstić information content (AvgIpc) is 2.61. The molecule has 1 N–H and O–H groups in total. The molecule has 3 rings (SSSR count). The quantitative estimate of drug-likeness (QED) is 0.570. The highest BCUT2D eigenvalue weighted by atomic mass is 16.5. The molecule has 0 aliphatic rings. The number of nitrogens with zero attached hydrogens (tertiary/aromatic N) is 2. The van der Waals surface area contributed by atoms with Gasteiger partial charge in [-0.15, -0.1) is 0 Å². The molecule has 5 nitrogen and oxygen atoms in total. The van der Waals surface area contributed by atoms with Crippen molar-refractivity contribution in [2.24, 2.45) is 5.10 Å². The summed E-state index contributed by atoms with van der Waals surface area (Å²) in [5.41, 5.74) is 6.69. The van der Waals surface area contributed by atoms with Gasteiger partial charge in [-0.3, -0.25) is 5.43 Å². The topological polar surface area (TPSA) is 55.7 Å². The first-order valence-corrected chi connectivity index (χ1v) is 7.59. The molecule has 0 radical (unpaired) electrons. The summed E-state index contributed by atoms with van der Waals surface area (Å²) in [7, 11) is 3.30. The number of para-hydroxylation sites is 1. The van der Waals surface area contributed by atoms with Gasteiger partial charge >= 0.3 is 0 Å². The van der Waals surface area contributed by atoms with Crippen molar-refractivity contribution in [1.82, 2.24) is 4.98 Å². The molecule has 122 valence electrons. The number of benzene rings is 2. The summed E-state index contributed by atoms with van der Waals surface area (Å²) in [6, 6.07) is 15.5. The van der Waals surface area contributed by atoms with Gasteiger partial charge in [-0.05, 0) is 48.9 Å². The van der Waals surface area contributed by atoms with E-state index in [9.17, 15) is 0 Å². The molecule has 0 aliphatic heterocycles. The van der Waals surface area contributed by atoms with E-state index in [0.717, 1.165) is 39.3 Å². The minimum absolute atomic E-state index is 0.749. The highest BCUT2D eigenvalue weighted by Gasteiger charge is 2.07. The minimum atomic E-state index is 0.749. The lowest BCUT2D eigenvalue weighted by atomic mass is 10.1. The Hall–Kier alpha value is -3.08. The fraction of sp³-hybridized carbons (Fsp3) is 0.158. The molecule has 0 atom stereocenters. The van der Waals surface area contributed by atoms with Gasteiger partial charge in [0.25, 0.3) is 0 Å². The van der Waals surface area contributed by atoms with Crippen LogP contribution in [0, 0.1) is 6.92 Å². The summed E-state index contributed by atoms with van der Waals surface area (Å²) in [6.45, 7) is 1.95. The maximum atomic E-state index is 5.39. The van der Waals surface area contributed by atoms with Gasteiger partial charge in [0.15, 0.2) is 0 Å². The Morgan fingerprint density at radius 1 is 1.04 bits per heavy atom. The summed E-state index contributed by atoms with van der Waals surface area (Å²) < 4.78 is 10.5. The molecule has 0 saturated carbocycles. The van der Waals surface area contributed by atoms with Crippen molar-refractivity contribution < 1.29 is 9.47 Å². The molecule has 2 aromatic carbocycles. The molecule has 3 aromatic rings. The first-order valence-electron chi connectivity index (χ1n) is 7.59.